The first-order valence-electron chi connectivity index (χ1n) is 4.62. The standard InChI is InChI=1S/C10H12BrClN2O2S/c1-6(11)5-14-17(15,16)10-4-8(12)3-9(13)7(10)2/h3-4,14H,1,5,13H2,2H3. The lowest BCUT2D eigenvalue weighted by molar-refractivity contribution is 0.585. The molecule has 1 aromatic carbocycles. The van der Waals surface area contributed by atoms with Gasteiger partial charge >= 0.3 is 0 Å². The highest BCUT2D eigenvalue weighted by atomic mass is 79.9. The summed E-state index contributed by atoms with van der Waals surface area (Å²) < 4.78 is 26.9. The van der Waals surface area contributed by atoms with Crippen molar-refractivity contribution < 1.29 is 8.42 Å². The van der Waals surface area contributed by atoms with Crippen LogP contribution in [-0.4, -0.2) is 15.0 Å². The molecule has 0 saturated heterocycles. The number of rotatable bonds is 4. The molecule has 0 unspecified atom stereocenters. The third-order valence-electron chi connectivity index (χ3n) is 2.11. The summed E-state index contributed by atoms with van der Waals surface area (Å²) in [5.41, 5.74) is 6.49. The number of benzene rings is 1. The summed E-state index contributed by atoms with van der Waals surface area (Å²) in [6.45, 7) is 5.28. The summed E-state index contributed by atoms with van der Waals surface area (Å²) in [4.78, 5) is 0.0799. The van der Waals surface area contributed by atoms with E-state index in [1.165, 1.54) is 12.1 Å². The van der Waals surface area contributed by atoms with Gasteiger partial charge in [0.25, 0.3) is 0 Å². The maximum atomic E-state index is 12.0. The second kappa shape index (κ2) is 5.39. The Balaban J connectivity index is 3.19. The van der Waals surface area contributed by atoms with E-state index in [4.69, 9.17) is 17.3 Å². The Kier molecular flexibility index (Phi) is 4.60. The third-order valence-corrected chi connectivity index (χ3v) is 4.13. The van der Waals surface area contributed by atoms with Crippen molar-refractivity contribution in [3.63, 3.8) is 0 Å². The van der Waals surface area contributed by atoms with Crippen LogP contribution in [0.3, 0.4) is 0 Å². The molecule has 1 aromatic rings. The quantitative estimate of drug-likeness (QED) is 0.828. The van der Waals surface area contributed by atoms with E-state index in [2.05, 4.69) is 27.2 Å². The van der Waals surface area contributed by atoms with Crippen LogP contribution in [0.15, 0.2) is 28.1 Å². The van der Waals surface area contributed by atoms with Crippen molar-refractivity contribution >= 4 is 43.2 Å². The lowest BCUT2D eigenvalue weighted by Gasteiger charge is -2.11. The molecule has 0 fully saturated rings. The lowest BCUT2D eigenvalue weighted by Crippen LogP contribution is -2.25. The van der Waals surface area contributed by atoms with Crippen molar-refractivity contribution in [3.8, 4) is 0 Å². The molecule has 0 heterocycles. The molecule has 0 amide bonds. The SMILES string of the molecule is C=C(Br)CNS(=O)(=O)c1cc(Cl)cc(N)c1C. The van der Waals surface area contributed by atoms with Crippen LogP contribution in [0.2, 0.25) is 5.02 Å². The Hall–Kier alpha value is -0.560. The molecule has 0 bridgehead atoms. The largest absolute Gasteiger partial charge is 0.398 e. The molecule has 0 aliphatic carbocycles. The summed E-state index contributed by atoms with van der Waals surface area (Å²) >= 11 is 8.87. The van der Waals surface area contributed by atoms with Crippen LogP contribution in [0.1, 0.15) is 5.56 Å². The maximum Gasteiger partial charge on any atom is 0.241 e. The van der Waals surface area contributed by atoms with Crippen molar-refractivity contribution in [1.29, 1.82) is 0 Å². The Morgan fingerprint density at radius 2 is 2.18 bits per heavy atom. The molecular weight excluding hydrogens is 328 g/mol. The monoisotopic (exact) mass is 338 g/mol. The smallest absolute Gasteiger partial charge is 0.241 e. The van der Waals surface area contributed by atoms with Crippen LogP contribution < -0.4 is 10.5 Å². The van der Waals surface area contributed by atoms with Crippen molar-refractivity contribution in [2.45, 2.75) is 11.8 Å². The minimum atomic E-state index is -3.64. The summed E-state index contributed by atoms with van der Waals surface area (Å²) in [6, 6.07) is 2.88. The Labute approximate surface area is 114 Å². The number of halogens is 2. The van der Waals surface area contributed by atoms with Crippen molar-refractivity contribution in [3.05, 3.63) is 33.8 Å². The van der Waals surface area contributed by atoms with Gasteiger partial charge in [-0.1, -0.05) is 34.1 Å². The minimum Gasteiger partial charge on any atom is -0.398 e. The summed E-state index contributed by atoms with van der Waals surface area (Å²) in [6.07, 6.45) is 0. The Morgan fingerprint density at radius 1 is 1.59 bits per heavy atom. The van der Waals surface area contributed by atoms with Gasteiger partial charge in [0, 0.05) is 21.7 Å². The first kappa shape index (κ1) is 14.5. The van der Waals surface area contributed by atoms with Gasteiger partial charge in [0.15, 0.2) is 0 Å². The predicted molar refractivity (Wildman–Crippen MR) is 73.9 cm³/mol. The molecule has 0 aliphatic heterocycles. The van der Waals surface area contributed by atoms with E-state index in [1.807, 2.05) is 0 Å². The number of nitrogens with two attached hydrogens (primary N) is 1. The van der Waals surface area contributed by atoms with E-state index >= 15 is 0 Å². The summed E-state index contributed by atoms with van der Waals surface area (Å²) in [5, 5.41) is 0.283. The summed E-state index contributed by atoms with van der Waals surface area (Å²) in [7, 11) is -3.64. The Morgan fingerprint density at radius 3 is 2.71 bits per heavy atom. The number of anilines is 1. The molecular formula is C10H12BrClN2O2S. The van der Waals surface area contributed by atoms with Gasteiger partial charge in [-0.3, -0.25) is 0 Å². The van der Waals surface area contributed by atoms with E-state index in [9.17, 15) is 8.42 Å². The fourth-order valence-electron chi connectivity index (χ4n) is 1.20. The van der Waals surface area contributed by atoms with Gasteiger partial charge in [0.05, 0.1) is 4.90 Å². The fourth-order valence-corrected chi connectivity index (χ4v) is 3.14. The number of hydrogen-bond acceptors (Lipinski definition) is 3. The average molecular weight is 340 g/mol. The second-order valence-electron chi connectivity index (χ2n) is 3.46. The highest BCUT2D eigenvalue weighted by Crippen LogP contribution is 2.25. The van der Waals surface area contributed by atoms with Gasteiger partial charge in [-0.05, 0) is 24.6 Å². The number of nitrogens with one attached hydrogen (secondary N) is 1. The molecule has 0 radical (unpaired) electrons. The number of nitrogen functional groups attached to an aromatic ring is 1. The van der Waals surface area contributed by atoms with Crippen molar-refractivity contribution in [2.24, 2.45) is 0 Å². The van der Waals surface area contributed by atoms with Gasteiger partial charge in [0.2, 0.25) is 10.0 Å². The molecule has 17 heavy (non-hydrogen) atoms. The zero-order valence-corrected chi connectivity index (χ0v) is 12.3. The highest BCUT2D eigenvalue weighted by molar-refractivity contribution is 9.11. The molecule has 0 spiro atoms. The second-order valence-corrected chi connectivity index (χ2v) is 6.75. The fraction of sp³-hybridized carbons (Fsp3) is 0.200. The molecule has 0 aliphatic rings. The molecule has 0 atom stereocenters. The first-order chi connectivity index (χ1) is 7.74. The van der Waals surface area contributed by atoms with Crippen molar-refractivity contribution in [1.82, 2.24) is 4.72 Å². The lowest BCUT2D eigenvalue weighted by atomic mass is 10.2. The van der Waals surface area contributed by atoms with Gasteiger partial charge in [-0.15, -0.1) is 0 Å². The van der Waals surface area contributed by atoms with Crippen molar-refractivity contribution in [2.75, 3.05) is 12.3 Å². The number of sulfonamides is 1. The average Bonchev–Trinajstić information content (AvgIpc) is 2.20. The van der Waals surface area contributed by atoms with Crippen LogP contribution in [0.25, 0.3) is 0 Å². The highest BCUT2D eigenvalue weighted by Gasteiger charge is 2.18. The molecule has 3 N–H and O–H groups in total. The predicted octanol–water partition coefficient (Wildman–Crippen LogP) is 2.42. The van der Waals surface area contributed by atoms with E-state index in [0.29, 0.717) is 15.7 Å². The van der Waals surface area contributed by atoms with E-state index in [-0.39, 0.29) is 16.5 Å². The van der Waals surface area contributed by atoms with E-state index in [0.717, 1.165) is 0 Å². The van der Waals surface area contributed by atoms with Crippen LogP contribution in [0, 0.1) is 6.92 Å². The van der Waals surface area contributed by atoms with Gasteiger partial charge < -0.3 is 5.73 Å². The zero-order valence-electron chi connectivity index (χ0n) is 9.13. The minimum absolute atomic E-state index is 0.0799. The van der Waals surface area contributed by atoms with Gasteiger partial charge in [-0.2, -0.15) is 0 Å². The topological polar surface area (TPSA) is 72.2 Å². The maximum absolute atomic E-state index is 12.0. The molecule has 94 valence electrons. The van der Waals surface area contributed by atoms with Gasteiger partial charge in [0.1, 0.15) is 0 Å². The zero-order chi connectivity index (χ0) is 13.2. The van der Waals surface area contributed by atoms with Crippen LogP contribution in [-0.2, 0) is 10.0 Å². The molecule has 0 aromatic heterocycles. The molecule has 7 heteroatoms. The number of hydrogen-bond donors (Lipinski definition) is 2. The molecule has 0 saturated carbocycles. The Bertz CT molecular complexity index is 558. The van der Waals surface area contributed by atoms with Crippen LogP contribution in [0.4, 0.5) is 5.69 Å². The van der Waals surface area contributed by atoms with E-state index < -0.39 is 10.0 Å². The third kappa shape index (κ3) is 3.70. The molecule has 1 rings (SSSR count). The molecule has 4 nitrogen and oxygen atoms in total. The summed E-state index contributed by atoms with van der Waals surface area (Å²) in [5.74, 6) is 0. The van der Waals surface area contributed by atoms with E-state index in [1.54, 1.807) is 6.92 Å². The van der Waals surface area contributed by atoms with Crippen LogP contribution >= 0.6 is 27.5 Å². The van der Waals surface area contributed by atoms with Crippen LogP contribution in [0.5, 0.6) is 0 Å². The van der Waals surface area contributed by atoms with Gasteiger partial charge in [-0.25, -0.2) is 13.1 Å². The first-order valence-corrected chi connectivity index (χ1v) is 7.28. The normalized spacial score (nSPS) is 11.5.